The Kier molecular flexibility index (Phi) is 8.29. The minimum atomic E-state index is -0.857. The smallest absolute Gasteiger partial charge is 0.248 e. The highest BCUT2D eigenvalue weighted by Crippen LogP contribution is 2.33. The minimum Gasteiger partial charge on any atom is -0.495 e. The van der Waals surface area contributed by atoms with E-state index in [1.54, 1.807) is 24.4 Å². The van der Waals surface area contributed by atoms with Crippen molar-refractivity contribution < 1.29 is 14.3 Å². The zero-order valence-corrected chi connectivity index (χ0v) is 22.0. The lowest BCUT2D eigenvalue weighted by Gasteiger charge is -2.35. The van der Waals surface area contributed by atoms with Crippen LogP contribution >= 0.6 is 0 Å². The van der Waals surface area contributed by atoms with Gasteiger partial charge in [-0.2, -0.15) is 0 Å². The normalized spacial score (nSPS) is 19.5. The van der Waals surface area contributed by atoms with E-state index in [4.69, 9.17) is 4.74 Å². The van der Waals surface area contributed by atoms with Crippen LogP contribution in [0.2, 0.25) is 0 Å². The second kappa shape index (κ2) is 11.4. The van der Waals surface area contributed by atoms with E-state index < -0.39 is 6.04 Å². The molecule has 2 fully saturated rings. The van der Waals surface area contributed by atoms with E-state index >= 15 is 0 Å². The summed E-state index contributed by atoms with van der Waals surface area (Å²) in [5.74, 6) is 0.281. The quantitative estimate of drug-likeness (QED) is 0.587. The van der Waals surface area contributed by atoms with Crippen LogP contribution in [-0.2, 0) is 15.0 Å². The Labute approximate surface area is 215 Å². The maximum Gasteiger partial charge on any atom is 0.248 e. The zero-order valence-electron chi connectivity index (χ0n) is 22.0. The van der Waals surface area contributed by atoms with E-state index in [0.29, 0.717) is 17.0 Å². The maximum atomic E-state index is 14.0. The second-order valence-electron chi connectivity index (χ2n) is 11.1. The standard InChI is InChI=1S/C29H40N4O3/c1-29(2,3)21-12-14-23(15-13-21)33(28(35)25-11-8-16-31-25)26(20-17-24(36-4)19-30-18-20)27(34)32-22-9-6-5-7-10-22/h12-15,17-19,22,25-26,31H,5-11,16H2,1-4H3,(H,32,34)/t25-,26-/m1/s1. The van der Waals surface area contributed by atoms with Crippen LogP contribution in [0.5, 0.6) is 5.75 Å². The first-order chi connectivity index (χ1) is 17.3. The average Bonchev–Trinajstić information content (AvgIpc) is 3.42. The lowest BCUT2D eigenvalue weighted by molar-refractivity contribution is -0.128. The van der Waals surface area contributed by atoms with Crippen molar-refractivity contribution in [2.24, 2.45) is 0 Å². The summed E-state index contributed by atoms with van der Waals surface area (Å²) in [5, 5.41) is 6.59. The van der Waals surface area contributed by atoms with Gasteiger partial charge in [0.25, 0.3) is 0 Å². The number of anilines is 1. The molecule has 0 radical (unpaired) electrons. The van der Waals surface area contributed by atoms with Gasteiger partial charge in [0.05, 0.1) is 19.3 Å². The highest BCUT2D eigenvalue weighted by molar-refractivity contribution is 6.04. The van der Waals surface area contributed by atoms with Crippen molar-refractivity contribution >= 4 is 17.5 Å². The Morgan fingerprint density at radius 1 is 1.06 bits per heavy atom. The van der Waals surface area contributed by atoms with Gasteiger partial charge in [0, 0.05) is 23.5 Å². The van der Waals surface area contributed by atoms with E-state index in [1.807, 2.05) is 18.2 Å². The molecule has 1 saturated carbocycles. The monoisotopic (exact) mass is 492 g/mol. The average molecular weight is 493 g/mol. The van der Waals surface area contributed by atoms with Gasteiger partial charge in [0.2, 0.25) is 11.8 Å². The summed E-state index contributed by atoms with van der Waals surface area (Å²) < 4.78 is 5.42. The predicted molar refractivity (Wildman–Crippen MR) is 142 cm³/mol. The lowest BCUT2D eigenvalue weighted by Crippen LogP contribution is -2.51. The van der Waals surface area contributed by atoms with Gasteiger partial charge in [-0.15, -0.1) is 0 Å². The van der Waals surface area contributed by atoms with Crippen molar-refractivity contribution in [3.63, 3.8) is 0 Å². The van der Waals surface area contributed by atoms with Crippen LogP contribution < -0.4 is 20.3 Å². The van der Waals surface area contributed by atoms with E-state index in [9.17, 15) is 9.59 Å². The van der Waals surface area contributed by atoms with Gasteiger partial charge in [-0.05, 0) is 61.4 Å². The fourth-order valence-electron chi connectivity index (χ4n) is 5.23. The van der Waals surface area contributed by atoms with Gasteiger partial charge >= 0.3 is 0 Å². The summed E-state index contributed by atoms with van der Waals surface area (Å²) in [6, 6.07) is 8.78. The predicted octanol–water partition coefficient (Wildman–Crippen LogP) is 4.66. The molecule has 194 valence electrons. The molecule has 0 bridgehead atoms. The number of hydrogen-bond acceptors (Lipinski definition) is 5. The third-order valence-electron chi connectivity index (χ3n) is 7.35. The number of methoxy groups -OCH3 is 1. The van der Waals surface area contributed by atoms with Crippen LogP contribution in [-0.4, -0.2) is 42.5 Å². The fourth-order valence-corrected chi connectivity index (χ4v) is 5.23. The molecule has 1 aliphatic carbocycles. The summed E-state index contributed by atoms with van der Waals surface area (Å²) in [4.78, 5) is 34.0. The molecule has 0 unspecified atom stereocenters. The SMILES string of the molecule is COc1cncc([C@H](C(=O)NC2CCCCC2)N(C(=O)[C@H]2CCCN2)c2ccc(C(C)(C)C)cc2)c1. The topological polar surface area (TPSA) is 83.6 Å². The molecule has 2 aliphatic rings. The van der Waals surface area contributed by atoms with Crippen molar-refractivity contribution in [3.05, 3.63) is 53.9 Å². The van der Waals surface area contributed by atoms with E-state index in [1.165, 1.54) is 12.0 Å². The highest BCUT2D eigenvalue weighted by Gasteiger charge is 2.38. The molecule has 7 nitrogen and oxygen atoms in total. The van der Waals surface area contributed by atoms with Crippen molar-refractivity contribution in [2.75, 3.05) is 18.6 Å². The van der Waals surface area contributed by atoms with Crippen LogP contribution in [0.15, 0.2) is 42.7 Å². The molecular formula is C29H40N4O3. The van der Waals surface area contributed by atoms with Crippen LogP contribution in [0.1, 0.15) is 82.9 Å². The summed E-state index contributed by atoms with van der Waals surface area (Å²) >= 11 is 0. The van der Waals surface area contributed by atoms with Crippen LogP contribution in [0.25, 0.3) is 0 Å². The summed E-state index contributed by atoms with van der Waals surface area (Å²) in [5.41, 5.74) is 2.49. The number of nitrogens with zero attached hydrogens (tertiary/aromatic N) is 2. The highest BCUT2D eigenvalue weighted by atomic mass is 16.5. The third kappa shape index (κ3) is 6.06. The number of amides is 2. The number of carbonyl (C=O) groups is 2. The Bertz CT molecular complexity index is 1040. The molecule has 2 atom stereocenters. The first-order valence-corrected chi connectivity index (χ1v) is 13.2. The van der Waals surface area contributed by atoms with E-state index in [2.05, 4.69) is 48.5 Å². The number of rotatable bonds is 7. The van der Waals surface area contributed by atoms with Crippen molar-refractivity contribution in [1.29, 1.82) is 0 Å². The van der Waals surface area contributed by atoms with Gasteiger partial charge in [0.15, 0.2) is 0 Å². The molecular weight excluding hydrogens is 452 g/mol. The maximum absolute atomic E-state index is 14.0. The second-order valence-corrected chi connectivity index (χ2v) is 11.1. The fraction of sp³-hybridized carbons (Fsp3) is 0.552. The van der Waals surface area contributed by atoms with Crippen molar-refractivity contribution in [2.45, 2.75) is 89.3 Å². The number of ether oxygens (including phenoxy) is 1. The minimum absolute atomic E-state index is 0.0190. The van der Waals surface area contributed by atoms with Gasteiger partial charge in [-0.25, -0.2) is 0 Å². The van der Waals surface area contributed by atoms with Crippen LogP contribution in [0.3, 0.4) is 0 Å². The molecule has 36 heavy (non-hydrogen) atoms. The molecule has 1 saturated heterocycles. The van der Waals surface area contributed by atoms with Crippen LogP contribution in [0, 0.1) is 0 Å². The van der Waals surface area contributed by atoms with E-state index in [0.717, 1.165) is 45.1 Å². The molecule has 1 aliphatic heterocycles. The van der Waals surface area contributed by atoms with Gasteiger partial charge in [0.1, 0.15) is 11.8 Å². The van der Waals surface area contributed by atoms with E-state index in [-0.39, 0.29) is 29.3 Å². The molecule has 0 spiro atoms. The zero-order chi connectivity index (χ0) is 25.7. The Morgan fingerprint density at radius 2 is 1.78 bits per heavy atom. The number of pyridine rings is 1. The Morgan fingerprint density at radius 3 is 2.39 bits per heavy atom. The first kappa shape index (κ1) is 26.1. The summed E-state index contributed by atoms with van der Waals surface area (Å²) in [7, 11) is 1.58. The first-order valence-electron chi connectivity index (χ1n) is 13.2. The number of nitrogens with one attached hydrogen (secondary N) is 2. The molecule has 2 heterocycles. The molecule has 2 aromatic rings. The molecule has 2 N–H and O–H groups in total. The molecule has 7 heteroatoms. The van der Waals surface area contributed by atoms with Gasteiger partial charge in [-0.1, -0.05) is 52.2 Å². The molecule has 1 aromatic heterocycles. The van der Waals surface area contributed by atoms with Crippen LogP contribution in [0.4, 0.5) is 5.69 Å². The van der Waals surface area contributed by atoms with Gasteiger partial charge < -0.3 is 15.4 Å². The number of hydrogen-bond donors (Lipinski definition) is 2. The molecule has 4 rings (SSSR count). The number of carbonyl (C=O) groups excluding carboxylic acids is 2. The third-order valence-corrected chi connectivity index (χ3v) is 7.35. The lowest BCUT2D eigenvalue weighted by atomic mass is 9.87. The molecule has 2 amide bonds. The summed E-state index contributed by atoms with van der Waals surface area (Å²) in [6.45, 7) is 7.29. The largest absolute Gasteiger partial charge is 0.495 e. The van der Waals surface area contributed by atoms with Gasteiger partial charge in [-0.3, -0.25) is 19.5 Å². The Hall–Kier alpha value is -2.93. The summed E-state index contributed by atoms with van der Waals surface area (Å²) in [6.07, 6.45) is 10.3. The molecule has 1 aromatic carbocycles. The van der Waals surface area contributed by atoms with Crippen molar-refractivity contribution in [1.82, 2.24) is 15.6 Å². The Balaban J connectivity index is 1.78. The number of benzene rings is 1. The number of aromatic nitrogens is 1. The van der Waals surface area contributed by atoms with Crippen molar-refractivity contribution in [3.8, 4) is 5.75 Å².